The number of aryl methyl sites for hydroxylation is 1. The molecule has 1 saturated heterocycles. The third kappa shape index (κ3) is 2.85. The van der Waals surface area contributed by atoms with Crippen molar-refractivity contribution in [3.63, 3.8) is 0 Å². The number of piperidine rings is 1. The first-order valence-corrected chi connectivity index (χ1v) is 6.10. The van der Waals surface area contributed by atoms with Gasteiger partial charge in [-0.3, -0.25) is 4.90 Å². The van der Waals surface area contributed by atoms with Gasteiger partial charge in [-0.25, -0.2) is 4.98 Å². The van der Waals surface area contributed by atoms with Crippen LogP contribution in [0.5, 0.6) is 5.88 Å². The first-order valence-electron chi connectivity index (χ1n) is 6.10. The van der Waals surface area contributed by atoms with Gasteiger partial charge in [0.25, 0.3) is 0 Å². The van der Waals surface area contributed by atoms with E-state index >= 15 is 0 Å². The molecule has 17 heavy (non-hydrogen) atoms. The fourth-order valence-electron chi connectivity index (χ4n) is 2.23. The van der Waals surface area contributed by atoms with Crippen molar-refractivity contribution < 1.29 is 5.11 Å². The second-order valence-electron chi connectivity index (χ2n) is 4.93. The van der Waals surface area contributed by atoms with E-state index in [4.69, 9.17) is 5.73 Å². The molecular weight excluding hydrogens is 216 g/mol. The molecule has 1 aromatic heterocycles. The topological polar surface area (TPSA) is 75.3 Å². The van der Waals surface area contributed by atoms with Gasteiger partial charge in [0.05, 0.1) is 5.69 Å². The van der Waals surface area contributed by atoms with E-state index in [0.717, 1.165) is 30.3 Å². The third-order valence-electron chi connectivity index (χ3n) is 3.47. The molecule has 0 amide bonds. The molecule has 0 atom stereocenters. The lowest BCUT2D eigenvalue weighted by atomic mass is 9.99. The van der Waals surface area contributed by atoms with E-state index in [9.17, 15) is 5.11 Å². The number of likely N-dealkylation sites (tertiary alicyclic amines) is 1. The summed E-state index contributed by atoms with van der Waals surface area (Å²) in [5, 5.41) is 9.80. The van der Waals surface area contributed by atoms with Crippen LogP contribution in [-0.4, -0.2) is 33.1 Å². The summed E-state index contributed by atoms with van der Waals surface area (Å²) in [6.07, 6.45) is 2.44. The molecule has 1 aromatic rings. The summed E-state index contributed by atoms with van der Waals surface area (Å²) in [5.41, 5.74) is 7.06. The van der Waals surface area contributed by atoms with Crippen LogP contribution in [0.3, 0.4) is 0 Å². The highest BCUT2D eigenvalue weighted by atomic mass is 16.3. The fraction of sp³-hybridized carbons (Fsp3) is 0.667. The quantitative estimate of drug-likeness (QED) is 0.809. The number of nitrogen functional groups attached to an aromatic ring is 1. The van der Waals surface area contributed by atoms with Crippen molar-refractivity contribution in [3.05, 3.63) is 11.3 Å². The van der Waals surface area contributed by atoms with Gasteiger partial charge < -0.3 is 10.8 Å². The lowest BCUT2D eigenvalue weighted by Crippen LogP contribution is -2.32. The molecule has 0 bridgehead atoms. The van der Waals surface area contributed by atoms with Crippen molar-refractivity contribution in [1.29, 1.82) is 0 Å². The summed E-state index contributed by atoms with van der Waals surface area (Å²) < 4.78 is 0. The van der Waals surface area contributed by atoms with Crippen molar-refractivity contribution in [2.24, 2.45) is 5.92 Å². The number of rotatable bonds is 2. The molecule has 0 radical (unpaired) electrons. The Bertz CT molecular complexity index is 376. The maximum absolute atomic E-state index is 9.80. The Balaban J connectivity index is 2.08. The molecule has 0 aromatic carbocycles. The van der Waals surface area contributed by atoms with Crippen LogP contribution in [0.2, 0.25) is 0 Å². The average molecular weight is 236 g/mol. The minimum absolute atomic E-state index is 0.0219. The van der Waals surface area contributed by atoms with Crippen LogP contribution in [-0.2, 0) is 6.54 Å². The Morgan fingerprint density at radius 1 is 1.35 bits per heavy atom. The Hall–Kier alpha value is -1.36. The Labute approximate surface area is 102 Å². The summed E-state index contributed by atoms with van der Waals surface area (Å²) >= 11 is 0. The normalized spacial score (nSPS) is 18.5. The van der Waals surface area contributed by atoms with E-state index in [-0.39, 0.29) is 11.8 Å². The number of nitrogens with zero attached hydrogens (tertiary/aromatic N) is 3. The number of nitrogens with two attached hydrogens (primary N) is 1. The summed E-state index contributed by atoms with van der Waals surface area (Å²) in [4.78, 5) is 10.2. The summed E-state index contributed by atoms with van der Waals surface area (Å²) in [6.45, 7) is 7.01. The molecule has 2 heterocycles. The predicted molar refractivity (Wildman–Crippen MR) is 66.5 cm³/mol. The first-order chi connectivity index (χ1) is 8.06. The summed E-state index contributed by atoms with van der Waals surface area (Å²) in [6, 6.07) is 0. The lowest BCUT2D eigenvalue weighted by molar-refractivity contribution is 0.182. The van der Waals surface area contributed by atoms with Crippen molar-refractivity contribution in [2.45, 2.75) is 33.2 Å². The molecule has 94 valence electrons. The standard InChI is InChI=1S/C12H20N4O/c1-8-3-5-16(6-4-8)7-10-9(2)14-12(13)15-11(10)17/h8H,3-7H2,1-2H3,(H3,13,14,15,17). The van der Waals surface area contributed by atoms with Crippen molar-refractivity contribution in [1.82, 2.24) is 14.9 Å². The van der Waals surface area contributed by atoms with Gasteiger partial charge in [0.2, 0.25) is 11.8 Å². The highest BCUT2D eigenvalue weighted by Gasteiger charge is 2.19. The second kappa shape index (κ2) is 4.87. The Morgan fingerprint density at radius 2 is 2.00 bits per heavy atom. The number of hydrogen-bond donors (Lipinski definition) is 2. The van der Waals surface area contributed by atoms with E-state index in [1.165, 1.54) is 12.8 Å². The molecule has 0 aliphatic carbocycles. The minimum Gasteiger partial charge on any atom is -0.493 e. The SMILES string of the molecule is Cc1nc(N)nc(O)c1CN1CCC(C)CC1. The zero-order valence-electron chi connectivity index (χ0n) is 10.5. The lowest BCUT2D eigenvalue weighted by Gasteiger charge is -2.30. The molecule has 1 aliphatic heterocycles. The number of aromatic nitrogens is 2. The highest BCUT2D eigenvalue weighted by Crippen LogP contribution is 2.23. The van der Waals surface area contributed by atoms with Gasteiger partial charge in [-0.05, 0) is 38.8 Å². The summed E-state index contributed by atoms with van der Waals surface area (Å²) in [7, 11) is 0. The van der Waals surface area contributed by atoms with Gasteiger partial charge in [0.1, 0.15) is 0 Å². The van der Waals surface area contributed by atoms with Crippen molar-refractivity contribution >= 4 is 5.95 Å². The largest absolute Gasteiger partial charge is 0.493 e. The highest BCUT2D eigenvalue weighted by molar-refractivity contribution is 5.34. The molecule has 5 nitrogen and oxygen atoms in total. The van der Waals surface area contributed by atoms with Crippen LogP contribution in [0.1, 0.15) is 31.0 Å². The molecular formula is C12H20N4O. The van der Waals surface area contributed by atoms with E-state index in [1.807, 2.05) is 6.92 Å². The monoisotopic (exact) mass is 236 g/mol. The van der Waals surface area contributed by atoms with E-state index < -0.39 is 0 Å². The first kappa shape index (κ1) is 12.1. The van der Waals surface area contributed by atoms with Gasteiger partial charge in [-0.1, -0.05) is 6.92 Å². The third-order valence-corrected chi connectivity index (χ3v) is 3.47. The van der Waals surface area contributed by atoms with Gasteiger partial charge in [-0.15, -0.1) is 0 Å². The number of aromatic hydroxyl groups is 1. The maximum atomic E-state index is 9.80. The minimum atomic E-state index is 0.0219. The summed E-state index contributed by atoms with van der Waals surface area (Å²) in [5.74, 6) is 0.966. The zero-order chi connectivity index (χ0) is 12.4. The molecule has 5 heteroatoms. The average Bonchev–Trinajstić information content (AvgIpc) is 2.26. The predicted octanol–water partition coefficient (Wildman–Crippen LogP) is 1.30. The number of hydrogen-bond acceptors (Lipinski definition) is 5. The fourth-order valence-corrected chi connectivity index (χ4v) is 2.23. The van der Waals surface area contributed by atoms with Crippen molar-refractivity contribution in [2.75, 3.05) is 18.8 Å². The number of anilines is 1. The van der Waals surface area contributed by atoms with Gasteiger partial charge in [0.15, 0.2) is 0 Å². The second-order valence-corrected chi connectivity index (χ2v) is 4.93. The zero-order valence-corrected chi connectivity index (χ0v) is 10.5. The van der Waals surface area contributed by atoms with Crippen LogP contribution in [0, 0.1) is 12.8 Å². The molecule has 0 saturated carbocycles. The molecule has 0 unspecified atom stereocenters. The van der Waals surface area contributed by atoms with Gasteiger partial charge >= 0.3 is 0 Å². The van der Waals surface area contributed by atoms with E-state index in [1.54, 1.807) is 0 Å². The maximum Gasteiger partial charge on any atom is 0.223 e. The Kier molecular flexibility index (Phi) is 3.47. The van der Waals surface area contributed by atoms with Crippen LogP contribution >= 0.6 is 0 Å². The smallest absolute Gasteiger partial charge is 0.223 e. The van der Waals surface area contributed by atoms with Gasteiger partial charge in [0, 0.05) is 12.1 Å². The van der Waals surface area contributed by atoms with Crippen LogP contribution in [0.4, 0.5) is 5.95 Å². The van der Waals surface area contributed by atoms with Crippen molar-refractivity contribution in [3.8, 4) is 5.88 Å². The van der Waals surface area contributed by atoms with Crippen LogP contribution < -0.4 is 5.73 Å². The Morgan fingerprint density at radius 3 is 2.59 bits per heavy atom. The van der Waals surface area contributed by atoms with E-state index in [2.05, 4.69) is 21.8 Å². The molecule has 3 N–H and O–H groups in total. The van der Waals surface area contributed by atoms with Crippen LogP contribution in [0.15, 0.2) is 0 Å². The van der Waals surface area contributed by atoms with Crippen LogP contribution in [0.25, 0.3) is 0 Å². The van der Waals surface area contributed by atoms with E-state index in [0.29, 0.717) is 6.54 Å². The molecule has 0 spiro atoms. The van der Waals surface area contributed by atoms with Gasteiger partial charge in [-0.2, -0.15) is 4.98 Å². The molecule has 1 fully saturated rings. The molecule has 1 aliphatic rings. The molecule has 2 rings (SSSR count).